The number of rotatable bonds is 8. The number of halogens is 1. The quantitative estimate of drug-likeness (QED) is 0.718. The van der Waals surface area contributed by atoms with Crippen LogP contribution in [0, 0.1) is 11.8 Å². The van der Waals surface area contributed by atoms with Crippen LogP contribution in [0.5, 0.6) is 5.75 Å². The van der Waals surface area contributed by atoms with Gasteiger partial charge in [0.25, 0.3) is 0 Å². The average Bonchev–Trinajstić information content (AvgIpc) is 3.32. The van der Waals surface area contributed by atoms with Crippen LogP contribution >= 0.6 is 12.4 Å². The Kier molecular flexibility index (Phi) is 7.29. The van der Waals surface area contributed by atoms with Gasteiger partial charge in [0.1, 0.15) is 5.75 Å². The minimum absolute atomic E-state index is 0. The number of carboxylic acids is 1. The van der Waals surface area contributed by atoms with E-state index in [1.807, 2.05) is 36.1 Å². The number of nitrogens with zero attached hydrogens (tertiary/aromatic N) is 1. The molecule has 0 radical (unpaired) electrons. The maximum absolute atomic E-state index is 12.5. The number of aliphatic carboxylic acids is 1. The van der Waals surface area contributed by atoms with Gasteiger partial charge in [-0.05, 0) is 37.7 Å². The maximum Gasteiger partial charge on any atom is 0.317 e. The molecular weight excluding hydrogens is 356 g/mol. The Morgan fingerprint density at radius 2 is 2.00 bits per heavy atom. The molecule has 3 rings (SSSR count). The van der Waals surface area contributed by atoms with Crippen LogP contribution in [0.25, 0.3) is 0 Å². The second-order valence-electron chi connectivity index (χ2n) is 6.98. The van der Waals surface area contributed by atoms with E-state index >= 15 is 0 Å². The summed E-state index contributed by atoms with van der Waals surface area (Å²) < 4.78 is 5.58. The van der Waals surface area contributed by atoms with Crippen molar-refractivity contribution in [2.24, 2.45) is 11.8 Å². The molecule has 0 unspecified atom stereocenters. The zero-order valence-electron chi connectivity index (χ0n) is 15.0. The number of hydrogen-bond acceptors (Lipinski definition) is 4. The topological polar surface area (TPSA) is 78.9 Å². The van der Waals surface area contributed by atoms with Crippen molar-refractivity contribution in [2.75, 3.05) is 26.2 Å². The van der Waals surface area contributed by atoms with E-state index in [0.29, 0.717) is 25.0 Å². The normalized spacial score (nSPS) is 22.5. The molecule has 1 heterocycles. The molecule has 2 aliphatic rings. The van der Waals surface area contributed by atoms with Crippen LogP contribution < -0.4 is 10.1 Å². The minimum Gasteiger partial charge on any atom is -0.494 e. The van der Waals surface area contributed by atoms with E-state index in [1.165, 1.54) is 12.8 Å². The standard InChI is InChI=1S/C19H26N2O4.ClH/c1-2-25-17-6-4-3-5-14(17)9-18(22)20-16-11-21(12-19(23)24)10-15(16)13-7-8-13;/h3-6,13,15-16H,2,7-12H2,1H3,(H,20,22)(H,23,24);1H/t15-,16+;/m1./s1. The average molecular weight is 383 g/mol. The maximum atomic E-state index is 12.5. The van der Waals surface area contributed by atoms with Gasteiger partial charge >= 0.3 is 5.97 Å². The number of carbonyl (C=O) groups is 2. The highest BCUT2D eigenvalue weighted by Crippen LogP contribution is 2.41. The number of hydrogen-bond donors (Lipinski definition) is 2. The molecule has 26 heavy (non-hydrogen) atoms. The molecule has 1 amide bonds. The highest BCUT2D eigenvalue weighted by molar-refractivity contribution is 5.85. The van der Waals surface area contributed by atoms with Gasteiger partial charge in [0.2, 0.25) is 5.91 Å². The Balaban J connectivity index is 0.00000243. The predicted octanol–water partition coefficient (Wildman–Crippen LogP) is 1.96. The van der Waals surface area contributed by atoms with Gasteiger partial charge in [0.15, 0.2) is 0 Å². The summed E-state index contributed by atoms with van der Waals surface area (Å²) in [7, 11) is 0. The van der Waals surface area contributed by atoms with Gasteiger partial charge < -0.3 is 15.2 Å². The highest BCUT2D eigenvalue weighted by atomic mass is 35.5. The van der Waals surface area contributed by atoms with E-state index < -0.39 is 5.97 Å². The van der Waals surface area contributed by atoms with Gasteiger partial charge in [-0.25, -0.2) is 0 Å². The Labute approximate surface area is 160 Å². The zero-order valence-corrected chi connectivity index (χ0v) is 15.8. The Hall–Kier alpha value is -1.79. The number of nitrogens with one attached hydrogen (secondary N) is 1. The van der Waals surface area contributed by atoms with Crippen molar-refractivity contribution < 1.29 is 19.4 Å². The van der Waals surface area contributed by atoms with Crippen LogP contribution in [-0.4, -0.2) is 54.2 Å². The number of ether oxygens (including phenoxy) is 1. The lowest BCUT2D eigenvalue weighted by Crippen LogP contribution is -2.42. The van der Waals surface area contributed by atoms with E-state index in [0.717, 1.165) is 17.9 Å². The molecule has 1 saturated carbocycles. The van der Waals surface area contributed by atoms with Crippen molar-refractivity contribution in [3.63, 3.8) is 0 Å². The first kappa shape index (κ1) is 20.5. The first-order chi connectivity index (χ1) is 12.1. The van der Waals surface area contributed by atoms with Crippen LogP contribution in [0.1, 0.15) is 25.3 Å². The van der Waals surface area contributed by atoms with Crippen LogP contribution in [0.15, 0.2) is 24.3 Å². The van der Waals surface area contributed by atoms with E-state index in [4.69, 9.17) is 9.84 Å². The number of amides is 1. The van der Waals surface area contributed by atoms with Crippen LogP contribution in [0.3, 0.4) is 0 Å². The number of benzene rings is 1. The molecule has 2 atom stereocenters. The fraction of sp³-hybridized carbons (Fsp3) is 0.579. The van der Waals surface area contributed by atoms with Gasteiger partial charge in [-0.1, -0.05) is 18.2 Å². The third-order valence-corrected chi connectivity index (χ3v) is 5.00. The van der Waals surface area contributed by atoms with E-state index in [-0.39, 0.29) is 37.3 Å². The predicted molar refractivity (Wildman–Crippen MR) is 101 cm³/mol. The minimum atomic E-state index is -0.813. The van der Waals surface area contributed by atoms with E-state index in [9.17, 15) is 9.59 Å². The van der Waals surface area contributed by atoms with Crippen molar-refractivity contribution in [2.45, 2.75) is 32.2 Å². The summed E-state index contributed by atoms with van der Waals surface area (Å²) in [5, 5.41) is 12.2. The molecule has 0 spiro atoms. The summed E-state index contributed by atoms with van der Waals surface area (Å²) >= 11 is 0. The van der Waals surface area contributed by atoms with Crippen molar-refractivity contribution in [3.05, 3.63) is 29.8 Å². The zero-order chi connectivity index (χ0) is 17.8. The van der Waals surface area contributed by atoms with Crippen molar-refractivity contribution in [1.29, 1.82) is 0 Å². The molecule has 144 valence electrons. The van der Waals surface area contributed by atoms with E-state index in [2.05, 4.69) is 5.32 Å². The largest absolute Gasteiger partial charge is 0.494 e. The van der Waals surface area contributed by atoms with Crippen LogP contribution in [-0.2, 0) is 16.0 Å². The number of likely N-dealkylation sites (tertiary alicyclic amines) is 1. The first-order valence-corrected chi connectivity index (χ1v) is 9.01. The van der Waals surface area contributed by atoms with Crippen LogP contribution in [0.2, 0.25) is 0 Å². The lowest BCUT2D eigenvalue weighted by Gasteiger charge is -2.20. The molecule has 0 aromatic heterocycles. The molecular formula is C19H27ClN2O4. The van der Waals surface area contributed by atoms with Gasteiger partial charge in [0, 0.05) is 24.7 Å². The molecule has 1 saturated heterocycles. The molecule has 1 aromatic carbocycles. The third-order valence-electron chi connectivity index (χ3n) is 5.00. The lowest BCUT2D eigenvalue weighted by atomic mass is 9.98. The number of carbonyl (C=O) groups excluding carboxylic acids is 1. The molecule has 1 aliphatic carbocycles. The molecule has 7 heteroatoms. The monoisotopic (exact) mass is 382 g/mol. The summed E-state index contributed by atoms with van der Waals surface area (Å²) in [6.45, 7) is 3.91. The number of carboxylic acid groups (broad SMARTS) is 1. The second kappa shape index (κ2) is 9.24. The Bertz CT molecular complexity index is 636. The molecule has 1 aliphatic heterocycles. The van der Waals surface area contributed by atoms with Gasteiger partial charge in [-0.2, -0.15) is 0 Å². The molecule has 0 bridgehead atoms. The van der Waals surface area contributed by atoms with Gasteiger partial charge in [-0.3, -0.25) is 14.5 Å². The van der Waals surface area contributed by atoms with E-state index in [1.54, 1.807) is 0 Å². The summed E-state index contributed by atoms with van der Waals surface area (Å²) in [5.41, 5.74) is 0.880. The smallest absolute Gasteiger partial charge is 0.317 e. The SMILES string of the molecule is CCOc1ccccc1CC(=O)N[C@H]1CN(CC(=O)O)C[C@@H]1C1CC1.Cl. The Morgan fingerprint density at radius 1 is 1.27 bits per heavy atom. The molecule has 2 fully saturated rings. The van der Waals surface area contributed by atoms with Crippen molar-refractivity contribution >= 4 is 24.3 Å². The lowest BCUT2D eigenvalue weighted by molar-refractivity contribution is -0.138. The van der Waals surface area contributed by atoms with Crippen molar-refractivity contribution in [3.8, 4) is 5.75 Å². The molecule has 1 aromatic rings. The fourth-order valence-electron chi connectivity index (χ4n) is 3.77. The third kappa shape index (κ3) is 5.35. The summed E-state index contributed by atoms with van der Waals surface area (Å²) in [5.74, 6) is 0.898. The van der Waals surface area contributed by atoms with Crippen LogP contribution in [0.4, 0.5) is 0 Å². The van der Waals surface area contributed by atoms with Gasteiger partial charge in [-0.15, -0.1) is 12.4 Å². The molecule has 2 N–H and O–H groups in total. The fourth-order valence-corrected chi connectivity index (χ4v) is 3.77. The second-order valence-corrected chi connectivity index (χ2v) is 6.98. The molecule has 6 nitrogen and oxygen atoms in total. The highest BCUT2D eigenvalue weighted by Gasteiger charge is 2.43. The summed E-state index contributed by atoms with van der Waals surface area (Å²) in [6.07, 6.45) is 2.65. The van der Waals surface area contributed by atoms with Gasteiger partial charge in [0.05, 0.1) is 19.6 Å². The van der Waals surface area contributed by atoms with Crippen molar-refractivity contribution in [1.82, 2.24) is 10.2 Å². The first-order valence-electron chi connectivity index (χ1n) is 9.01. The summed E-state index contributed by atoms with van der Waals surface area (Å²) in [6, 6.07) is 7.63. The Morgan fingerprint density at radius 3 is 2.65 bits per heavy atom. The summed E-state index contributed by atoms with van der Waals surface area (Å²) in [4.78, 5) is 25.4. The number of para-hydroxylation sites is 1.